The zero-order chi connectivity index (χ0) is 10.3. The molecule has 0 atom stereocenters. The smallest absolute Gasteiger partial charge is 0.207 e. The second-order valence-electron chi connectivity index (χ2n) is 2.65. The fraction of sp³-hybridized carbons (Fsp3) is 0. The first kappa shape index (κ1) is 10.4. The van der Waals surface area contributed by atoms with Crippen LogP contribution in [0.25, 0.3) is 10.1 Å². The number of benzene rings is 1. The lowest BCUT2D eigenvalue weighted by atomic mass is 10.3. The Morgan fingerprint density at radius 3 is 2.71 bits per heavy atom. The predicted octanol–water partition coefficient (Wildman–Crippen LogP) is 3.59. The van der Waals surface area contributed by atoms with E-state index in [1.54, 1.807) is 17.5 Å². The van der Waals surface area contributed by atoms with E-state index in [2.05, 4.69) is 15.9 Å². The fourth-order valence-corrected chi connectivity index (χ4v) is 4.35. The van der Waals surface area contributed by atoms with Gasteiger partial charge in [-0.2, -0.15) is 0 Å². The molecule has 0 aliphatic carbocycles. The van der Waals surface area contributed by atoms with Crippen LogP contribution < -0.4 is 0 Å². The first-order valence-electron chi connectivity index (χ1n) is 3.60. The lowest BCUT2D eigenvalue weighted by Crippen LogP contribution is -1.87. The van der Waals surface area contributed by atoms with Crippen LogP contribution in [0, 0.1) is 0 Å². The van der Waals surface area contributed by atoms with Gasteiger partial charge >= 0.3 is 0 Å². The average Bonchev–Trinajstić information content (AvgIpc) is 2.47. The monoisotopic (exact) mass is 310 g/mol. The summed E-state index contributed by atoms with van der Waals surface area (Å²) in [7, 11) is 1.65. The number of halogens is 2. The summed E-state index contributed by atoms with van der Waals surface area (Å²) in [6, 6.07) is 5.39. The molecule has 0 N–H and O–H groups in total. The minimum absolute atomic E-state index is 0.181. The molecule has 14 heavy (non-hydrogen) atoms. The molecule has 0 amide bonds. The highest BCUT2D eigenvalue weighted by atomic mass is 79.9. The minimum atomic E-state index is -3.64. The van der Waals surface area contributed by atoms with Gasteiger partial charge in [0.1, 0.15) is 4.90 Å². The Morgan fingerprint density at radius 2 is 2.07 bits per heavy atom. The van der Waals surface area contributed by atoms with Crippen molar-refractivity contribution in [3.05, 3.63) is 28.1 Å². The van der Waals surface area contributed by atoms with E-state index in [1.807, 2.05) is 6.07 Å². The Labute approximate surface area is 98.1 Å². The summed E-state index contributed by atoms with van der Waals surface area (Å²) in [6.07, 6.45) is 0. The van der Waals surface area contributed by atoms with Gasteiger partial charge in [0.05, 0.1) is 0 Å². The van der Waals surface area contributed by atoms with Crippen molar-refractivity contribution in [2.75, 3.05) is 0 Å². The van der Waals surface area contributed by atoms with E-state index in [4.69, 9.17) is 10.7 Å². The summed E-state index contributed by atoms with van der Waals surface area (Å²) in [5.74, 6) is 0. The van der Waals surface area contributed by atoms with Crippen LogP contribution in [-0.2, 0) is 9.05 Å². The summed E-state index contributed by atoms with van der Waals surface area (Å²) < 4.78 is 24.1. The third-order valence-corrected chi connectivity index (χ3v) is 5.24. The summed E-state index contributed by atoms with van der Waals surface area (Å²) in [6.45, 7) is 0. The van der Waals surface area contributed by atoms with Crippen molar-refractivity contribution in [1.29, 1.82) is 0 Å². The van der Waals surface area contributed by atoms with E-state index in [0.29, 0.717) is 5.39 Å². The molecule has 2 nitrogen and oxygen atoms in total. The molecule has 0 radical (unpaired) electrons. The third-order valence-electron chi connectivity index (χ3n) is 1.78. The third kappa shape index (κ3) is 1.69. The van der Waals surface area contributed by atoms with E-state index < -0.39 is 9.05 Å². The number of hydrogen-bond acceptors (Lipinski definition) is 3. The molecule has 1 aromatic carbocycles. The summed E-state index contributed by atoms with van der Waals surface area (Å²) in [5.41, 5.74) is 0. The SMILES string of the molecule is O=S(=O)(Cl)c1csc2c(Br)cccc12. The molecular formula is C8H4BrClO2S2. The van der Waals surface area contributed by atoms with Crippen LogP contribution in [0.4, 0.5) is 0 Å². The van der Waals surface area contributed by atoms with Gasteiger partial charge in [-0.3, -0.25) is 0 Å². The second kappa shape index (κ2) is 3.48. The van der Waals surface area contributed by atoms with Crippen LogP contribution in [-0.4, -0.2) is 8.42 Å². The highest BCUT2D eigenvalue weighted by Crippen LogP contribution is 2.35. The van der Waals surface area contributed by atoms with Crippen molar-refractivity contribution in [1.82, 2.24) is 0 Å². The van der Waals surface area contributed by atoms with E-state index in [-0.39, 0.29) is 4.90 Å². The van der Waals surface area contributed by atoms with E-state index in [9.17, 15) is 8.42 Å². The number of rotatable bonds is 1. The average molecular weight is 312 g/mol. The van der Waals surface area contributed by atoms with Gasteiger partial charge in [-0.05, 0) is 22.0 Å². The summed E-state index contributed by atoms with van der Waals surface area (Å²) in [4.78, 5) is 0.181. The molecule has 0 aliphatic rings. The molecule has 74 valence electrons. The highest BCUT2D eigenvalue weighted by molar-refractivity contribution is 9.10. The quantitative estimate of drug-likeness (QED) is 0.754. The van der Waals surface area contributed by atoms with Gasteiger partial charge in [-0.15, -0.1) is 11.3 Å². The summed E-state index contributed by atoms with van der Waals surface area (Å²) >= 11 is 4.71. The molecule has 1 heterocycles. The van der Waals surface area contributed by atoms with E-state index >= 15 is 0 Å². The van der Waals surface area contributed by atoms with Crippen molar-refractivity contribution in [3.8, 4) is 0 Å². The molecule has 1 aromatic heterocycles. The molecule has 6 heteroatoms. The van der Waals surface area contributed by atoms with Gasteiger partial charge in [0, 0.05) is 30.6 Å². The highest BCUT2D eigenvalue weighted by Gasteiger charge is 2.16. The molecular weight excluding hydrogens is 308 g/mol. The zero-order valence-electron chi connectivity index (χ0n) is 6.70. The number of hydrogen-bond donors (Lipinski definition) is 0. The van der Waals surface area contributed by atoms with Crippen LogP contribution >= 0.6 is 37.9 Å². The molecule has 0 saturated heterocycles. The first-order valence-corrected chi connectivity index (χ1v) is 7.59. The fourth-order valence-electron chi connectivity index (χ4n) is 1.19. The maximum absolute atomic E-state index is 11.2. The molecule has 0 unspecified atom stereocenters. The second-order valence-corrected chi connectivity index (χ2v) is 6.92. The first-order chi connectivity index (χ1) is 6.50. The topological polar surface area (TPSA) is 34.1 Å². The molecule has 0 fully saturated rings. The van der Waals surface area contributed by atoms with Gasteiger partial charge in [0.15, 0.2) is 0 Å². The van der Waals surface area contributed by atoms with Crippen LogP contribution in [0.2, 0.25) is 0 Å². The lowest BCUT2D eigenvalue weighted by Gasteiger charge is -1.94. The minimum Gasteiger partial charge on any atom is -0.207 e. The van der Waals surface area contributed by atoms with Crippen LogP contribution in [0.1, 0.15) is 0 Å². The summed E-state index contributed by atoms with van der Waals surface area (Å²) in [5, 5.41) is 2.22. The Morgan fingerprint density at radius 1 is 1.36 bits per heavy atom. The van der Waals surface area contributed by atoms with Crippen LogP contribution in [0.5, 0.6) is 0 Å². The molecule has 2 rings (SSSR count). The Hall–Kier alpha value is -0.100. The van der Waals surface area contributed by atoms with Crippen molar-refractivity contribution < 1.29 is 8.42 Å². The maximum atomic E-state index is 11.2. The molecule has 0 bridgehead atoms. The van der Waals surface area contributed by atoms with Crippen molar-refractivity contribution in [2.45, 2.75) is 4.90 Å². The molecule has 0 aliphatic heterocycles. The van der Waals surface area contributed by atoms with Gasteiger partial charge in [-0.25, -0.2) is 8.42 Å². The number of thiophene rings is 1. The largest absolute Gasteiger partial charge is 0.262 e. The van der Waals surface area contributed by atoms with E-state index in [0.717, 1.165) is 9.17 Å². The molecule has 2 aromatic rings. The van der Waals surface area contributed by atoms with Crippen molar-refractivity contribution in [3.63, 3.8) is 0 Å². The van der Waals surface area contributed by atoms with Gasteiger partial charge in [0.2, 0.25) is 0 Å². The van der Waals surface area contributed by atoms with E-state index in [1.165, 1.54) is 11.3 Å². The predicted molar refractivity (Wildman–Crippen MR) is 62.6 cm³/mol. The maximum Gasteiger partial charge on any atom is 0.262 e. The standard InChI is InChI=1S/C8H4BrClO2S2/c9-6-3-1-2-5-7(14(10,11)12)4-13-8(5)6/h1-4H. The molecule has 0 saturated carbocycles. The Balaban J connectivity index is 2.90. The Bertz CT molecular complexity index is 588. The van der Waals surface area contributed by atoms with Crippen molar-refractivity contribution in [2.24, 2.45) is 0 Å². The lowest BCUT2D eigenvalue weighted by molar-refractivity contribution is 0.610. The van der Waals surface area contributed by atoms with Crippen LogP contribution in [0.15, 0.2) is 32.9 Å². The number of fused-ring (bicyclic) bond motifs is 1. The zero-order valence-corrected chi connectivity index (χ0v) is 10.7. The van der Waals surface area contributed by atoms with Crippen LogP contribution in [0.3, 0.4) is 0 Å². The normalized spacial score (nSPS) is 12.1. The van der Waals surface area contributed by atoms with Gasteiger partial charge in [0.25, 0.3) is 9.05 Å². The van der Waals surface area contributed by atoms with Crippen molar-refractivity contribution >= 4 is 57.1 Å². The van der Waals surface area contributed by atoms with Gasteiger partial charge < -0.3 is 0 Å². The Kier molecular flexibility index (Phi) is 2.59. The molecule has 0 spiro atoms. The van der Waals surface area contributed by atoms with Gasteiger partial charge in [-0.1, -0.05) is 12.1 Å².